The third-order valence-corrected chi connectivity index (χ3v) is 18.0. The predicted octanol–water partition coefficient (Wildman–Crippen LogP) is -0.560. The molecular formula is C58H114N3O34P3. The van der Waals surface area contributed by atoms with Crippen LogP contribution in [0.25, 0.3) is 0 Å². The molecule has 40 heteroatoms. The molecule has 2 rings (SSSR count). The Morgan fingerprint density at radius 3 is 1.13 bits per heavy atom. The number of ether oxygens (including phenoxy) is 10. The van der Waals surface area contributed by atoms with Crippen molar-refractivity contribution < 1.29 is 163 Å². The molecule has 0 saturated carbocycles. The summed E-state index contributed by atoms with van der Waals surface area (Å²) in [5.74, 6) is -1.32. The molecule has 0 aromatic heterocycles. The van der Waals surface area contributed by atoms with Crippen LogP contribution in [0.15, 0.2) is 0 Å². The van der Waals surface area contributed by atoms with Crippen molar-refractivity contribution in [1.82, 2.24) is 16.0 Å². The van der Waals surface area contributed by atoms with E-state index in [4.69, 9.17) is 74.5 Å². The molecule has 17 atom stereocenters. The molecule has 2 aliphatic rings. The van der Waals surface area contributed by atoms with E-state index >= 15 is 0 Å². The summed E-state index contributed by atoms with van der Waals surface area (Å²) in [6, 6.07) is -2.79. The van der Waals surface area contributed by atoms with E-state index < -0.39 is 153 Å². The SMILES string of the molecule is COCC(COCCCOP(=O)(O)OCCCCCCO[C@H](OC(CO)[C@H](O)CO)[C@H](C)NC(C)=O)(COCCCOP(=O)(O)OCCCCCCO[C@@H]1OC(CO)[C@H](O)C(O)[C@@H]1NC(C)=O)COCCCOP(=O)(O)OCCCCCCO[C@@H]1OC(CO)[C@H](O)C(O)[C@@H]1NC(C)=O. The Balaban J connectivity index is 1.84. The minimum Gasteiger partial charge on any atom is -0.394 e. The maximum Gasteiger partial charge on any atom is 0.472 e. The lowest BCUT2D eigenvalue weighted by Crippen LogP contribution is -2.64. The number of hydrogen-bond donors (Lipinski definition) is 15. The second kappa shape index (κ2) is 52.0. The van der Waals surface area contributed by atoms with Crippen LogP contribution < -0.4 is 16.0 Å². The van der Waals surface area contributed by atoms with Gasteiger partial charge in [-0.25, -0.2) is 13.7 Å². The third-order valence-electron chi connectivity index (χ3n) is 14.9. The molecule has 2 saturated heterocycles. The lowest BCUT2D eigenvalue weighted by atomic mass is 9.92. The second-order valence-electron chi connectivity index (χ2n) is 23.7. The molecule has 2 fully saturated rings. The molecule has 0 radical (unpaired) electrons. The molecule has 8 unspecified atom stereocenters. The Morgan fingerprint density at radius 2 is 0.816 bits per heavy atom. The number of carbonyl (C=O) groups excluding carboxylic acids is 3. The first kappa shape index (κ1) is 92.1. The Bertz CT molecular complexity index is 2160. The lowest BCUT2D eigenvalue weighted by molar-refractivity contribution is -0.270. The van der Waals surface area contributed by atoms with E-state index in [9.17, 15) is 88.7 Å². The van der Waals surface area contributed by atoms with E-state index in [0.29, 0.717) is 77.0 Å². The highest BCUT2D eigenvalue weighted by Gasteiger charge is 2.47. The highest BCUT2D eigenvalue weighted by molar-refractivity contribution is 7.47. The van der Waals surface area contributed by atoms with Gasteiger partial charge in [-0.2, -0.15) is 0 Å². The minimum absolute atomic E-state index is 0.0218. The number of carbonyl (C=O) groups is 3. The first-order valence-electron chi connectivity index (χ1n) is 33.1. The van der Waals surface area contributed by atoms with Crippen molar-refractivity contribution in [3.8, 4) is 0 Å². The van der Waals surface area contributed by atoms with Gasteiger partial charge in [0.2, 0.25) is 17.7 Å². The van der Waals surface area contributed by atoms with Gasteiger partial charge in [-0.15, -0.1) is 0 Å². The summed E-state index contributed by atoms with van der Waals surface area (Å²) in [5, 5.41) is 96.8. The first-order valence-corrected chi connectivity index (χ1v) is 37.6. The van der Waals surface area contributed by atoms with Crippen LogP contribution in [0.1, 0.15) is 124 Å². The maximum absolute atomic E-state index is 12.7. The first-order chi connectivity index (χ1) is 46.6. The van der Waals surface area contributed by atoms with E-state index in [1.54, 1.807) is 6.92 Å². The average molecular weight is 1490 g/mol. The second-order valence-corrected chi connectivity index (χ2v) is 28.1. The van der Waals surface area contributed by atoms with Gasteiger partial charge in [0.1, 0.15) is 60.9 Å². The number of aliphatic hydroxyl groups excluding tert-OH is 9. The molecular weight excluding hydrogens is 1380 g/mol. The number of phosphoric acid groups is 3. The third kappa shape index (κ3) is 39.7. The standard InChI is InChI=1S/C58H114N3O34P3/c1-41(59-42(2)66)55(93-46(34-63)45(69)33-62)84-24-12-6-9-15-27-87-96(74,75)90-30-18-21-81-38-58(37-80-5,39-82-22-19-31-91-97(76,77)88-28-16-10-7-13-25-85-56-49(60-43(3)67)53(72)51(70)47(35-64)94-56)40-83-23-20-32-92-98(78,79)89-29-17-11-8-14-26-86-57-50(61-44(4)68)54(73)52(71)48(36-65)95-57/h41,45-57,62-65,69-73H,6-40H2,1-5H3,(H,59,66)(H,60,67)(H,61,68)(H,74,75)(H,76,77)(H,78,79)/t41-,45+,46?,47?,48?,49-,50-,51-,52-,53?,54?,55+,56+,57+,58?/m0/s1. The Morgan fingerprint density at radius 1 is 0.469 bits per heavy atom. The minimum atomic E-state index is -4.45. The van der Waals surface area contributed by atoms with Crippen molar-refractivity contribution in [3.05, 3.63) is 0 Å². The number of phosphoric ester groups is 3. The van der Waals surface area contributed by atoms with Gasteiger partial charge in [0.15, 0.2) is 18.9 Å². The monoisotopic (exact) mass is 1490 g/mol. The molecule has 0 aromatic rings. The summed E-state index contributed by atoms with van der Waals surface area (Å²) in [7, 11) is -11.9. The summed E-state index contributed by atoms with van der Waals surface area (Å²) in [6.07, 6.45) is -7.11. The van der Waals surface area contributed by atoms with E-state index in [2.05, 4.69) is 16.0 Å². The van der Waals surface area contributed by atoms with Gasteiger partial charge >= 0.3 is 23.5 Å². The average Bonchev–Trinajstić information content (AvgIpc) is 0.818. The Kier molecular flexibility index (Phi) is 48.9. The van der Waals surface area contributed by atoms with Crippen molar-refractivity contribution in [2.75, 3.05) is 139 Å². The highest BCUT2D eigenvalue weighted by atomic mass is 31.2. The fraction of sp³-hybridized carbons (Fsp3) is 0.948. The van der Waals surface area contributed by atoms with Gasteiger partial charge in [0.05, 0.1) is 104 Å². The van der Waals surface area contributed by atoms with E-state index in [1.165, 1.54) is 27.9 Å². The zero-order valence-electron chi connectivity index (χ0n) is 57.0. The van der Waals surface area contributed by atoms with E-state index in [-0.39, 0.29) is 131 Å². The van der Waals surface area contributed by atoms with Crippen molar-refractivity contribution >= 4 is 41.2 Å². The summed E-state index contributed by atoms with van der Waals surface area (Å²) in [4.78, 5) is 65.9. The Labute approximate surface area is 573 Å². The van der Waals surface area contributed by atoms with Gasteiger partial charge in [-0.3, -0.25) is 41.5 Å². The normalized spacial score (nSPS) is 25.1. The van der Waals surface area contributed by atoms with Crippen LogP contribution in [0.5, 0.6) is 0 Å². The lowest BCUT2D eigenvalue weighted by Gasteiger charge is -2.42. The molecule has 0 aliphatic carbocycles. The van der Waals surface area contributed by atoms with Gasteiger partial charge in [-0.05, 0) is 64.7 Å². The van der Waals surface area contributed by atoms with Crippen LogP contribution in [0, 0.1) is 5.41 Å². The van der Waals surface area contributed by atoms with E-state index in [0.717, 1.165) is 0 Å². The zero-order valence-corrected chi connectivity index (χ0v) is 59.7. The molecule has 98 heavy (non-hydrogen) atoms. The van der Waals surface area contributed by atoms with Crippen molar-refractivity contribution in [2.45, 2.75) is 210 Å². The number of unbranched alkanes of at least 4 members (excludes halogenated alkanes) is 9. The summed E-state index contributed by atoms with van der Waals surface area (Å²) < 4.78 is 126. The molecule has 580 valence electrons. The Hall–Kier alpha value is -2.02. The number of nitrogens with one attached hydrogen (secondary N) is 3. The largest absolute Gasteiger partial charge is 0.472 e. The predicted molar refractivity (Wildman–Crippen MR) is 342 cm³/mol. The number of hydrogen-bond acceptors (Lipinski definition) is 31. The smallest absolute Gasteiger partial charge is 0.394 e. The van der Waals surface area contributed by atoms with Crippen LogP contribution in [0.2, 0.25) is 0 Å². The number of amides is 3. The molecule has 2 aliphatic heterocycles. The molecule has 15 N–H and O–H groups in total. The summed E-state index contributed by atoms with van der Waals surface area (Å²) in [5.41, 5.74) is -0.975. The van der Waals surface area contributed by atoms with Gasteiger partial charge in [0, 0.05) is 67.5 Å². The van der Waals surface area contributed by atoms with Crippen LogP contribution in [0.3, 0.4) is 0 Å². The van der Waals surface area contributed by atoms with Crippen molar-refractivity contribution in [1.29, 1.82) is 0 Å². The van der Waals surface area contributed by atoms with Crippen LogP contribution in [-0.4, -0.2) is 303 Å². The molecule has 2 heterocycles. The van der Waals surface area contributed by atoms with E-state index in [1.807, 2.05) is 0 Å². The van der Waals surface area contributed by atoms with Crippen LogP contribution in [-0.2, 0) is 103 Å². The van der Waals surface area contributed by atoms with Crippen LogP contribution >= 0.6 is 23.5 Å². The summed E-state index contributed by atoms with van der Waals surface area (Å²) >= 11 is 0. The maximum atomic E-state index is 12.7. The summed E-state index contributed by atoms with van der Waals surface area (Å²) in [6.45, 7) is 2.57. The van der Waals surface area contributed by atoms with Gasteiger partial charge in [-0.1, -0.05) is 38.5 Å². The molecule has 3 amide bonds. The fourth-order valence-corrected chi connectivity index (χ4v) is 12.2. The molecule has 0 bridgehead atoms. The number of methoxy groups -OCH3 is 1. The van der Waals surface area contributed by atoms with Crippen molar-refractivity contribution in [2.24, 2.45) is 5.41 Å². The van der Waals surface area contributed by atoms with Gasteiger partial charge < -0.3 is 124 Å². The quantitative estimate of drug-likeness (QED) is 0.0206. The molecule has 0 spiro atoms. The van der Waals surface area contributed by atoms with Gasteiger partial charge in [0.25, 0.3) is 0 Å². The highest BCUT2D eigenvalue weighted by Crippen LogP contribution is 2.45. The number of aliphatic hydroxyl groups is 9. The fourth-order valence-electron chi connectivity index (χ4n) is 9.83. The number of rotatable bonds is 61. The zero-order chi connectivity index (χ0) is 73.0. The molecule has 0 aromatic carbocycles. The van der Waals surface area contributed by atoms with Crippen LogP contribution in [0.4, 0.5) is 0 Å². The topological polar surface area (TPSA) is 529 Å². The van der Waals surface area contributed by atoms with Crippen molar-refractivity contribution in [3.63, 3.8) is 0 Å². The molecule has 37 nitrogen and oxygen atoms in total.